The normalized spacial score (nSPS) is 15.2. The number of nitrogens with zero attached hydrogens (tertiary/aromatic N) is 2. The highest BCUT2D eigenvalue weighted by molar-refractivity contribution is 5.92. The largest absolute Gasteiger partial charge is 0.423 e. The molecule has 0 aliphatic carbocycles. The molecule has 0 atom stereocenters. The van der Waals surface area contributed by atoms with E-state index in [1.165, 1.54) is 5.56 Å². The van der Waals surface area contributed by atoms with E-state index in [4.69, 9.17) is 4.42 Å². The van der Waals surface area contributed by atoms with Gasteiger partial charge in [0.2, 0.25) is 5.91 Å². The van der Waals surface area contributed by atoms with Gasteiger partial charge in [-0.25, -0.2) is 13.6 Å². The van der Waals surface area contributed by atoms with Crippen LogP contribution in [0.4, 0.5) is 14.5 Å². The van der Waals surface area contributed by atoms with Crippen LogP contribution >= 0.6 is 0 Å². The van der Waals surface area contributed by atoms with Crippen molar-refractivity contribution in [1.29, 1.82) is 0 Å². The zero-order chi connectivity index (χ0) is 22.7. The average Bonchev–Trinajstić information content (AvgIpc) is 2.77. The van der Waals surface area contributed by atoms with E-state index in [9.17, 15) is 18.4 Å². The summed E-state index contributed by atoms with van der Waals surface area (Å²) < 4.78 is 32.3. The van der Waals surface area contributed by atoms with Gasteiger partial charge in [-0.15, -0.1) is 0 Å². The topological polar surface area (TPSA) is 65.8 Å². The van der Waals surface area contributed by atoms with Gasteiger partial charge in [0.1, 0.15) is 17.2 Å². The van der Waals surface area contributed by atoms with E-state index in [2.05, 4.69) is 23.2 Å². The molecule has 6 nitrogen and oxygen atoms in total. The molecule has 1 fully saturated rings. The van der Waals surface area contributed by atoms with E-state index < -0.39 is 11.6 Å². The molecule has 1 aliphatic heterocycles. The SMILES string of the molecule is CCc1ccc2oc(=O)cc(CN3CCN(CC(=O)Nc4cc(F)ccc4F)CC3)c2c1. The number of nitrogens with one attached hydrogen (secondary N) is 1. The Labute approximate surface area is 184 Å². The highest BCUT2D eigenvalue weighted by Gasteiger charge is 2.21. The lowest BCUT2D eigenvalue weighted by Gasteiger charge is -2.34. The van der Waals surface area contributed by atoms with Gasteiger partial charge in [-0.2, -0.15) is 0 Å². The van der Waals surface area contributed by atoms with Gasteiger partial charge in [-0.1, -0.05) is 13.0 Å². The Bertz CT molecular complexity index is 1190. The molecule has 0 unspecified atom stereocenters. The maximum absolute atomic E-state index is 13.7. The summed E-state index contributed by atoms with van der Waals surface area (Å²) in [4.78, 5) is 28.4. The number of halogens is 2. The number of piperazine rings is 1. The maximum Gasteiger partial charge on any atom is 0.336 e. The lowest BCUT2D eigenvalue weighted by Crippen LogP contribution is -2.48. The van der Waals surface area contributed by atoms with Crippen LogP contribution in [0.2, 0.25) is 0 Å². The Kier molecular flexibility index (Phi) is 6.62. The lowest BCUT2D eigenvalue weighted by atomic mass is 10.0. The molecule has 4 rings (SSSR count). The minimum absolute atomic E-state index is 0.0987. The van der Waals surface area contributed by atoms with E-state index in [0.29, 0.717) is 25.2 Å². The van der Waals surface area contributed by atoms with Crippen LogP contribution in [0.15, 0.2) is 51.7 Å². The Morgan fingerprint density at radius 3 is 2.53 bits per heavy atom. The number of hydrogen-bond donors (Lipinski definition) is 1. The number of carbonyl (C=O) groups is 1. The standard InChI is InChI=1S/C24H25F2N3O3/c1-2-16-3-6-22-19(11-16)17(12-24(31)32-22)14-28-7-9-29(10-8-28)15-23(30)27-21-13-18(25)4-5-20(21)26/h3-6,11-13H,2,7-10,14-15H2,1H3,(H,27,30). The van der Waals surface area contributed by atoms with Gasteiger partial charge in [-0.3, -0.25) is 14.6 Å². The molecule has 0 radical (unpaired) electrons. The third-order valence-electron chi connectivity index (χ3n) is 5.73. The minimum Gasteiger partial charge on any atom is -0.423 e. The van der Waals surface area contributed by atoms with Crippen molar-refractivity contribution in [2.75, 3.05) is 38.0 Å². The molecule has 8 heteroatoms. The number of benzene rings is 2. The van der Waals surface area contributed by atoms with E-state index >= 15 is 0 Å². The smallest absolute Gasteiger partial charge is 0.336 e. The molecular formula is C24H25F2N3O3. The summed E-state index contributed by atoms with van der Waals surface area (Å²) in [6.45, 7) is 5.54. The first-order chi connectivity index (χ1) is 15.4. The number of fused-ring (bicyclic) bond motifs is 1. The number of amides is 1. The summed E-state index contributed by atoms with van der Waals surface area (Å²) in [6.07, 6.45) is 0.898. The fourth-order valence-electron chi connectivity index (χ4n) is 3.96. The number of rotatable bonds is 6. The van der Waals surface area contributed by atoms with Gasteiger partial charge in [0.25, 0.3) is 0 Å². The van der Waals surface area contributed by atoms with Crippen LogP contribution in [0.1, 0.15) is 18.1 Å². The van der Waals surface area contributed by atoms with Gasteiger partial charge < -0.3 is 9.73 Å². The minimum atomic E-state index is -0.671. The first-order valence-corrected chi connectivity index (χ1v) is 10.7. The monoisotopic (exact) mass is 441 g/mol. The molecular weight excluding hydrogens is 416 g/mol. The van der Waals surface area contributed by atoms with Gasteiger partial charge >= 0.3 is 5.63 Å². The first kappa shape index (κ1) is 22.1. The summed E-state index contributed by atoms with van der Waals surface area (Å²) >= 11 is 0. The molecule has 3 aromatic rings. The number of hydrogen-bond acceptors (Lipinski definition) is 5. The van der Waals surface area contributed by atoms with Crippen LogP contribution in [0, 0.1) is 11.6 Å². The third-order valence-corrected chi connectivity index (χ3v) is 5.73. The van der Waals surface area contributed by atoms with Crippen molar-refractivity contribution < 1.29 is 18.0 Å². The number of carbonyl (C=O) groups excluding carboxylic acids is 1. The molecule has 1 saturated heterocycles. The van der Waals surface area contributed by atoms with Crippen molar-refractivity contribution in [3.8, 4) is 0 Å². The van der Waals surface area contributed by atoms with E-state index in [-0.39, 0.29) is 23.8 Å². The fraction of sp³-hybridized carbons (Fsp3) is 0.333. The van der Waals surface area contributed by atoms with Crippen LogP contribution in [0.3, 0.4) is 0 Å². The molecule has 168 valence electrons. The maximum atomic E-state index is 13.7. The van der Waals surface area contributed by atoms with Gasteiger partial charge in [0, 0.05) is 50.2 Å². The number of aryl methyl sites for hydroxylation is 1. The lowest BCUT2D eigenvalue weighted by molar-refractivity contribution is -0.117. The van der Waals surface area contributed by atoms with Crippen molar-refractivity contribution in [2.24, 2.45) is 0 Å². The Morgan fingerprint density at radius 2 is 1.78 bits per heavy atom. The fourth-order valence-corrected chi connectivity index (χ4v) is 3.96. The molecule has 0 saturated carbocycles. The summed E-state index contributed by atoms with van der Waals surface area (Å²) in [5, 5.41) is 3.38. The summed E-state index contributed by atoms with van der Waals surface area (Å²) in [7, 11) is 0. The molecule has 1 N–H and O–H groups in total. The zero-order valence-corrected chi connectivity index (χ0v) is 17.9. The van der Waals surface area contributed by atoms with E-state index in [1.807, 2.05) is 17.0 Å². The number of anilines is 1. The van der Waals surface area contributed by atoms with Crippen molar-refractivity contribution >= 4 is 22.6 Å². The Balaban J connectivity index is 1.36. The average molecular weight is 441 g/mol. The highest BCUT2D eigenvalue weighted by Crippen LogP contribution is 2.21. The quantitative estimate of drug-likeness (QED) is 0.594. The van der Waals surface area contributed by atoms with E-state index in [0.717, 1.165) is 48.7 Å². The second-order valence-electron chi connectivity index (χ2n) is 8.00. The molecule has 0 bridgehead atoms. The molecule has 2 aromatic carbocycles. The summed E-state index contributed by atoms with van der Waals surface area (Å²) in [6, 6.07) is 10.4. The summed E-state index contributed by atoms with van der Waals surface area (Å²) in [5.41, 5.74) is 2.17. The van der Waals surface area contributed by atoms with E-state index in [1.54, 1.807) is 6.07 Å². The van der Waals surface area contributed by atoms with Gasteiger partial charge in [0.15, 0.2) is 0 Å². The second-order valence-corrected chi connectivity index (χ2v) is 8.00. The van der Waals surface area contributed by atoms with Crippen molar-refractivity contribution in [3.63, 3.8) is 0 Å². The zero-order valence-electron chi connectivity index (χ0n) is 17.9. The van der Waals surface area contributed by atoms with Crippen LogP contribution in [0.25, 0.3) is 11.0 Å². The molecule has 2 heterocycles. The molecule has 1 amide bonds. The Morgan fingerprint density at radius 1 is 1.03 bits per heavy atom. The third kappa shape index (κ3) is 5.20. The van der Waals surface area contributed by atoms with Crippen LogP contribution in [-0.4, -0.2) is 48.4 Å². The molecule has 1 aromatic heterocycles. The molecule has 0 spiro atoms. The Hall–Kier alpha value is -3.10. The van der Waals surface area contributed by atoms with Crippen molar-refractivity contribution in [3.05, 3.63) is 75.6 Å². The van der Waals surface area contributed by atoms with Crippen molar-refractivity contribution in [2.45, 2.75) is 19.9 Å². The molecule has 32 heavy (non-hydrogen) atoms. The molecule has 1 aliphatic rings. The summed E-state index contributed by atoms with van der Waals surface area (Å²) in [5.74, 6) is -1.67. The highest BCUT2D eigenvalue weighted by atomic mass is 19.1. The first-order valence-electron chi connectivity index (χ1n) is 10.7. The van der Waals surface area contributed by atoms with Crippen LogP contribution in [0.5, 0.6) is 0 Å². The second kappa shape index (κ2) is 9.58. The predicted octanol–water partition coefficient (Wildman–Crippen LogP) is 3.39. The van der Waals surface area contributed by atoms with Gasteiger partial charge in [-0.05, 0) is 41.8 Å². The van der Waals surface area contributed by atoms with Crippen molar-refractivity contribution in [1.82, 2.24) is 9.80 Å². The van der Waals surface area contributed by atoms with Gasteiger partial charge in [0.05, 0.1) is 12.2 Å². The predicted molar refractivity (Wildman–Crippen MR) is 119 cm³/mol. The van der Waals surface area contributed by atoms with Crippen LogP contribution in [-0.2, 0) is 17.8 Å². The van der Waals surface area contributed by atoms with Crippen LogP contribution < -0.4 is 10.9 Å².